The topological polar surface area (TPSA) is 95.9 Å². The second-order valence-corrected chi connectivity index (χ2v) is 7.49. The van der Waals surface area contributed by atoms with E-state index in [1.165, 1.54) is 6.92 Å². The van der Waals surface area contributed by atoms with E-state index in [9.17, 15) is 19.8 Å². The number of rotatable bonds is 5. The molecule has 134 valence electrons. The Morgan fingerprint density at radius 1 is 1.21 bits per heavy atom. The molecule has 0 unspecified atom stereocenters. The minimum Gasteiger partial charge on any atom is -0.508 e. The first-order valence-corrected chi connectivity index (χ1v) is 7.90. The van der Waals surface area contributed by atoms with Crippen LogP contribution in [0.5, 0.6) is 5.75 Å². The lowest BCUT2D eigenvalue weighted by atomic mass is 9.90. The molecule has 6 nitrogen and oxygen atoms in total. The van der Waals surface area contributed by atoms with Crippen LogP contribution in [0.2, 0.25) is 0 Å². The van der Waals surface area contributed by atoms with Gasteiger partial charge in [-0.2, -0.15) is 0 Å². The third kappa shape index (κ3) is 5.44. The highest BCUT2D eigenvalue weighted by atomic mass is 16.6. The number of ether oxygens (including phenoxy) is 1. The Labute approximate surface area is 142 Å². The fourth-order valence-electron chi connectivity index (χ4n) is 2.29. The van der Waals surface area contributed by atoms with Gasteiger partial charge in [-0.15, -0.1) is 0 Å². The molecule has 1 rings (SSSR count). The number of hydrogen-bond donors (Lipinski definition) is 3. The summed E-state index contributed by atoms with van der Waals surface area (Å²) in [7, 11) is 0. The zero-order valence-corrected chi connectivity index (χ0v) is 15.1. The van der Waals surface area contributed by atoms with Gasteiger partial charge in [0.05, 0.1) is 0 Å². The Morgan fingerprint density at radius 3 is 2.25 bits per heavy atom. The SMILES string of the molecule is CC(C)c1cc(C[C@](C)(NC(=O)OC(C)(C)C)C(=O)O)ccc1O. The molecule has 0 aliphatic carbocycles. The first-order valence-electron chi connectivity index (χ1n) is 7.90. The molecule has 0 aliphatic heterocycles. The number of phenols is 1. The second-order valence-electron chi connectivity index (χ2n) is 7.49. The molecule has 3 N–H and O–H groups in total. The van der Waals surface area contributed by atoms with Crippen molar-refractivity contribution in [3.05, 3.63) is 29.3 Å². The van der Waals surface area contributed by atoms with Crippen LogP contribution in [0.25, 0.3) is 0 Å². The number of benzene rings is 1. The van der Waals surface area contributed by atoms with E-state index in [2.05, 4.69) is 5.32 Å². The molecular formula is C18H27NO5. The predicted octanol–water partition coefficient (Wildman–Crippen LogP) is 3.43. The highest BCUT2D eigenvalue weighted by Gasteiger charge is 2.36. The minimum atomic E-state index is -1.52. The van der Waals surface area contributed by atoms with Crippen molar-refractivity contribution in [1.29, 1.82) is 0 Å². The lowest BCUT2D eigenvalue weighted by Gasteiger charge is -2.29. The Balaban J connectivity index is 3.03. The molecule has 1 atom stereocenters. The number of nitrogens with one attached hydrogen (secondary N) is 1. The molecule has 0 heterocycles. The Kier molecular flexibility index (Phi) is 5.87. The number of alkyl carbamates (subject to hydrolysis) is 1. The Morgan fingerprint density at radius 2 is 1.79 bits per heavy atom. The zero-order chi connectivity index (χ0) is 18.7. The summed E-state index contributed by atoms with van der Waals surface area (Å²) in [5, 5.41) is 21.9. The third-order valence-corrected chi connectivity index (χ3v) is 3.52. The molecule has 0 spiro atoms. The van der Waals surface area contributed by atoms with Crippen molar-refractivity contribution in [2.24, 2.45) is 0 Å². The van der Waals surface area contributed by atoms with Gasteiger partial charge < -0.3 is 20.3 Å². The summed E-state index contributed by atoms with van der Waals surface area (Å²) in [5.41, 5.74) is -0.796. The van der Waals surface area contributed by atoms with Crippen LogP contribution >= 0.6 is 0 Å². The van der Waals surface area contributed by atoms with Gasteiger partial charge >= 0.3 is 12.1 Å². The molecule has 24 heavy (non-hydrogen) atoms. The largest absolute Gasteiger partial charge is 0.508 e. The summed E-state index contributed by atoms with van der Waals surface area (Å²) >= 11 is 0. The van der Waals surface area contributed by atoms with Crippen LogP contribution in [0.1, 0.15) is 58.6 Å². The number of aliphatic carboxylic acids is 1. The van der Waals surface area contributed by atoms with Crippen molar-refractivity contribution in [3.8, 4) is 5.75 Å². The van der Waals surface area contributed by atoms with E-state index in [4.69, 9.17) is 4.74 Å². The maximum Gasteiger partial charge on any atom is 0.408 e. The maximum absolute atomic E-state index is 12.0. The summed E-state index contributed by atoms with van der Waals surface area (Å²) < 4.78 is 5.15. The van der Waals surface area contributed by atoms with Crippen molar-refractivity contribution in [2.45, 2.75) is 65.0 Å². The van der Waals surface area contributed by atoms with E-state index in [1.54, 1.807) is 39.0 Å². The summed E-state index contributed by atoms with van der Waals surface area (Å²) in [5.74, 6) is -0.891. The molecular weight excluding hydrogens is 310 g/mol. The monoisotopic (exact) mass is 337 g/mol. The average Bonchev–Trinajstić information content (AvgIpc) is 2.38. The lowest BCUT2D eigenvalue weighted by molar-refractivity contribution is -0.144. The normalized spacial score (nSPS) is 14.1. The number of carbonyl (C=O) groups is 2. The van der Waals surface area contributed by atoms with Crippen molar-refractivity contribution in [2.75, 3.05) is 0 Å². The van der Waals surface area contributed by atoms with Crippen molar-refractivity contribution in [3.63, 3.8) is 0 Å². The fourth-order valence-corrected chi connectivity index (χ4v) is 2.29. The molecule has 0 bridgehead atoms. The van der Waals surface area contributed by atoms with E-state index in [-0.39, 0.29) is 18.1 Å². The summed E-state index contributed by atoms with van der Waals surface area (Å²) in [6.07, 6.45) is -0.711. The smallest absolute Gasteiger partial charge is 0.408 e. The molecule has 0 fully saturated rings. The van der Waals surface area contributed by atoms with Crippen LogP contribution in [0.4, 0.5) is 4.79 Å². The van der Waals surface area contributed by atoms with Crippen molar-refractivity contribution < 1.29 is 24.5 Å². The number of amides is 1. The first kappa shape index (κ1) is 19.8. The van der Waals surface area contributed by atoms with Crippen LogP contribution in [-0.2, 0) is 16.0 Å². The van der Waals surface area contributed by atoms with Gasteiger partial charge in [-0.25, -0.2) is 9.59 Å². The number of hydrogen-bond acceptors (Lipinski definition) is 4. The number of carboxylic acid groups (broad SMARTS) is 1. The van der Waals surface area contributed by atoms with E-state index < -0.39 is 23.2 Å². The lowest BCUT2D eigenvalue weighted by Crippen LogP contribution is -2.54. The maximum atomic E-state index is 12.0. The van der Waals surface area contributed by atoms with Crippen LogP contribution in [0.3, 0.4) is 0 Å². The Hall–Kier alpha value is -2.24. The van der Waals surface area contributed by atoms with Gasteiger partial charge in [-0.1, -0.05) is 26.0 Å². The van der Waals surface area contributed by atoms with Gasteiger partial charge in [0.1, 0.15) is 16.9 Å². The number of phenolic OH excluding ortho intramolecular Hbond substituents is 1. The van der Waals surface area contributed by atoms with Crippen molar-refractivity contribution >= 4 is 12.1 Å². The summed E-state index contributed by atoms with van der Waals surface area (Å²) in [6.45, 7) is 10.4. The number of carbonyl (C=O) groups excluding carboxylic acids is 1. The Bertz CT molecular complexity index is 618. The van der Waals surface area contributed by atoms with Gasteiger partial charge in [-0.3, -0.25) is 0 Å². The number of carboxylic acids is 1. The van der Waals surface area contributed by atoms with E-state index >= 15 is 0 Å². The van der Waals surface area contributed by atoms with Crippen LogP contribution < -0.4 is 5.32 Å². The van der Waals surface area contributed by atoms with Crippen LogP contribution in [0, 0.1) is 0 Å². The van der Waals surface area contributed by atoms with Gasteiger partial charge in [0, 0.05) is 6.42 Å². The fraction of sp³-hybridized carbons (Fsp3) is 0.556. The average molecular weight is 337 g/mol. The van der Waals surface area contributed by atoms with Gasteiger partial charge in [0.15, 0.2) is 0 Å². The molecule has 1 aromatic carbocycles. The van der Waals surface area contributed by atoms with Crippen LogP contribution in [0.15, 0.2) is 18.2 Å². The highest BCUT2D eigenvalue weighted by molar-refractivity contribution is 5.84. The quantitative estimate of drug-likeness (QED) is 0.765. The minimum absolute atomic E-state index is 0.0710. The van der Waals surface area contributed by atoms with Crippen LogP contribution in [-0.4, -0.2) is 33.4 Å². The number of aromatic hydroxyl groups is 1. The second kappa shape index (κ2) is 7.11. The van der Waals surface area contributed by atoms with E-state index in [0.29, 0.717) is 5.56 Å². The molecule has 0 saturated carbocycles. The first-order chi connectivity index (χ1) is 10.8. The molecule has 0 radical (unpaired) electrons. The van der Waals surface area contributed by atoms with Gasteiger partial charge in [0.2, 0.25) is 0 Å². The third-order valence-electron chi connectivity index (χ3n) is 3.52. The summed E-state index contributed by atoms with van der Waals surface area (Å²) in [6, 6.07) is 4.96. The molecule has 1 aromatic rings. The molecule has 0 aromatic heterocycles. The van der Waals surface area contributed by atoms with E-state index in [0.717, 1.165) is 5.56 Å². The van der Waals surface area contributed by atoms with Crippen molar-refractivity contribution in [1.82, 2.24) is 5.32 Å². The van der Waals surface area contributed by atoms with Gasteiger partial charge in [0.25, 0.3) is 0 Å². The molecule has 1 amide bonds. The molecule has 0 saturated heterocycles. The highest BCUT2D eigenvalue weighted by Crippen LogP contribution is 2.28. The van der Waals surface area contributed by atoms with E-state index in [1.807, 2.05) is 13.8 Å². The summed E-state index contributed by atoms with van der Waals surface area (Å²) in [4.78, 5) is 23.7. The van der Waals surface area contributed by atoms with Gasteiger partial charge in [-0.05, 0) is 50.8 Å². The predicted molar refractivity (Wildman–Crippen MR) is 91.3 cm³/mol. The molecule has 0 aliphatic rings. The zero-order valence-electron chi connectivity index (χ0n) is 15.1. The standard InChI is InChI=1S/C18H27NO5/c1-11(2)13-9-12(7-8-14(13)20)10-18(6,15(21)22)19-16(23)24-17(3,4)5/h7-9,11,20H,10H2,1-6H3,(H,19,23)(H,21,22)/t18-/m0/s1. The molecule has 6 heteroatoms.